The van der Waals surface area contributed by atoms with Crippen molar-refractivity contribution in [2.24, 2.45) is 34.0 Å². The van der Waals surface area contributed by atoms with Gasteiger partial charge in [-0.25, -0.2) is 0 Å². The van der Waals surface area contributed by atoms with Gasteiger partial charge in [-0.1, -0.05) is 27.7 Å². The Labute approximate surface area is 99.6 Å². The highest BCUT2D eigenvalue weighted by Crippen LogP contribution is 2.75. The van der Waals surface area contributed by atoms with Crippen LogP contribution in [0, 0.1) is 34.0 Å². The van der Waals surface area contributed by atoms with Crippen LogP contribution in [-0.4, -0.2) is 11.7 Å². The summed E-state index contributed by atoms with van der Waals surface area (Å²) in [6.45, 7) is 10.1. The van der Waals surface area contributed by atoms with Crippen molar-refractivity contribution in [1.82, 2.24) is 0 Å². The molecule has 16 heavy (non-hydrogen) atoms. The lowest BCUT2D eigenvalue weighted by molar-refractivity contribution is 0.126. The first-order valence-corrected chi connectivity index (χ1v) is 6.94. The number of aliphatic hydroxyl groups excluding tert-OH is 1. The standard InChI is InChI=1S/C15H26O/c1-13(2)10(6-12-8-15(12,13)4)5-11-7-14(11,3)9-16/h10-12,16H,5-9H2,1-4H3/t10-,11+,12-,14-,15+/m0/s1. The Morgan fingerprint density at radius 2 is 1.75 bits per heavy atom. The molecule has 3 saturated carbocycles. The van der Waals surface area contributed by atoms with Gasteiger partial charge in [-0.3, -0.25) is 0 Å². The van der Waals surface area contributed by atoms with Crippen molar-refractivity contribution in [2.75, 3.05) is 6.61 Å². The monoisotopic (exact) mass is 222 g/mol. The molecule has 0 radical (unpaired) electrons. The fraction of sp³-hybridized carbons (Fsp3) is 1.00. The van der Waals surface area contributed by atoms with Crippen molar-refractivity contribution in [3.05, 3.63) is 0 Å². The summed E-state index contributed by atoms with van der Waals surface area (Å²) in [4.78, 5) is 0. The second-order valence-corrected chi connectivity index (χ2v) is 7.92. The normalized spacial score (nSPS) is 57.2. The Balaban J connectivity index is 1.66. The largest absolute Gasteiger partial charge is 0.396 e. The fourth-order valence-electron chi connectivity index (χ4n) is 4.49. The Hall–Kier alpha value is -0.0400. The maximum absolute atomic E-state index is 9.35. The summed E-state index contributed by atoms with van der Waals surface area (Å²) in [6.07, 6.45) is 5.56. The minimum Gasteiger partial charge on any atom is -0.396 e. The van der Waals surface area contributed by atoms with Crippen LogP contribution in [0.3, 0.4) is 0 Å². The summed E-state index contributed by atoms with van der Waals surface area (Å²) >= 11 is 0. The summed E-state index contributed by atoms with van der Waals surface area (Å²) in [5.41, 5.74) is 1.47. The van der Waals surface area contributed by atoms with E-state index in [0.29, 0.717) is 17.4 Å². The van der Waals surface area contributed by atoms with Crippen LogP contribution in [0.4, 0.5) is 0 Å². The third kappa shape index (κ3) is 1.21. The predicted molar refractivity (Wildman–Crippen MR) is 66.0 cm³/mol. The molecule has 92 valence electrons. The van der Waals surface area contributed by atoms with Crippen molar-refractivity contribution in [1.29, 1.82) is 0 Å². The van der Waals surface area contributed by atoms with Crippen molar-refractivity contribution in [3.8, 4) is 0 Å². The van der Waals surface area contributed by atoms with Crippen LogP contribution in [0.15, 0.2) is 0 Å². The lowest BCUT2D eigenvalue weighted by Gasteiger charge is -2.36. The molecular formula is C15H26O. The van der Waals surface area contributed by atoms with Gasteiger partial charge in [0.25, 0.3) is 0 Å². The van der Waals surface area contributed by atoms with Crippen LogP contribution in [0.2, 0.25) is 0 Å². The summed E-state index contributed by atoms with van der Waals surface area (Å²) in [7, 11) is 0. The van der Waals surface area contributed by atoms with E-state index in [0.717, 1.165) is 17.8 Å². The van der Waals surface area contributed by atoms with Crippen molar-refractivity contribution >= 4 is 0 Å². The van der Waals surface area contributed by atoms with Gasteiger partial charge in [-0.2, -0.15) is 0 Å². The topological polar surface area (TPSA) is 20.2 Å². The number of fused-ring (bicyclic) bond motifs is 1. The third-order valence-corrected chi connectivity index (χ3v) is 6.94. The van der Waals surface area contributed by atoms with E-state index in [9.17, 15) is 5.11 Å². The molecule has 3 aliphatic rings. The van der Waals surface area contributed by atoms with Crippen molar-refractivity contribution < 1.29 is 5.11 Å². The summed E-state index contributed by atoms with van der Waals surface area (Å²) in [5.74, 6) is 2.74. The van der Waals surface area contributed by atoms with E-state index in [-0.39, 0.29) is 5.41 Å². The van der Waals surface area contributed by atoms with Gasteiger partial charge in [-0.15, -0.1) is 0 Å². The van der Waals surface area contributed by atoms with Crippen LogP contribution in [-0.2, 0) is 0 Å². The Kier molecular flexibility index (Phi) is 1.98. The molecule has 1 nitrogen and oxygen atoms in total. The number of hydrogen-bond acceptors (Lipinski definition) is 1. The molecule has 0 bridgehead atoms. The Bertz CT molecular complexity index is 321. The molecule has 0 unspecified atom stereocenters. The van der Waals surface area contributed by atoms with E-state index in [1.807, 2.05) is 0 Å². The molecule has 0 aromatic rings. The van der Waals surface area contributed by atoms with Crippen LogP contribution >= 0.6 is 0 Å². The Morgan fingerprint density at radius 1 is 1.06 bits per heavy atom. The van der Waals surface area contributed by atoms with Gasteiger partial charge in [0.1, 0.15) is 0 Å². The number of rotatable bonds is 3. The van der Waals surface area contributed by atoms with Gasteiger partial charge in [0.15, 0.2) is 0 Å². The van der Waals surface area contributed by atoms with Crippen LogP contribution in [0.1, 0.15) is 53.4 Å². The molecule has 1 heteroatoms. The Morgan fingerprint density at radius 3 is 2.19 bits per heavy atom. The molecule has 0 aromatic carbocycles. The molecule has 0 amide bonds. The zero-order valence-electron chi connectivity index (χ0n) is 11.2. The van der Waals surface area contributed by atoms with Gasteiger partial charge in [-0.05, 0) is 59.7 Å². The van der Waals surface area contributed by atoms with Crippen molar-refractivity contribution in [2.45, 2.75) is 53.4 Å². The maximum atomic E-state index is 9.35. The lowest BCUT2D eigenvalue weighted by Crippen LogP contribution is -2.28. The van der Waals surface area contributed by atoms with E-state index in [1.54, 1.807) is 0 Å². The molecule has 3 fully saturated rings. The van der Waals surface area contributed by atoms with E-state index in [4.69, 9.17) is 0 Å². The van der Waals surface area contributed by atoms with Crippen LogP contribution < -0.4 is 0 Å². The number of aliphatic hydroxyl groups is 1. The van der Waals surface area contributed by atoms with E-state index < -0.39 is 0 Å². The van der Waals surface area contributed by atoms with Gasteiger partial charge < -0.3 is 5.11 Å². The zero-order valence-corrected chi connectivity index (χ0v) is 11.2. The molecule has 3 rings (SSSR count). The zero-order chi connectivity index (χ0) is 11.8. The molecule has 5 atom stereocenters. The lowest BCUT2D eigenvalue weighted by atomic mass is 9.69. The van der Waals surface area contributed by atoms with Gasteiger partial charge >= 0.3 is 0 Å². The smallest absolute Gasteiger partial charge is 0.0487 e. The van der Waals surface area contributed by atoms with Crippen LogP contribution in [0.5, 0.6) is 0 Å². The minimum atomic E-state index is 0.282. The first kappa shape index (κ1) is 11.1. The average Bonchev–Trinajstić information content (AvgIpc) is 3.03. The minimum absolute atomic E-state index is 0.282. The molecule has 0 aromatic heterocycles. The van der Waals surface area contributed by atoms with Crippen molar-refractivity contribution in [3.63, 3.8) is 0 Å². The second-order valence-electron chi connectivity index (χ2n) is 7.92. The summed E-state index contributed by atoms with van der Waals surface area (Å²) in [5, 5.41) is 9.35. The first-order chi connectivity index (χ1) is 7.33. The average molecular weight is 222 g/mol. The molecule has 1 N–H and O–H groups in total. The van der Waals surface area contributed by atoms with E-state index in [2.05, 4.69) is 27.7 Å². The summed E-state index contributed by atoms with van der Waals surface area (Å²) in [6, 6.07) is 0. The second kappa shape index (κ2) is 2.85. The summed E-state index contributed by atoms with van der Waals surface area (Å²) < 4.78 is 0. The molecular weight excluding hydrogens is 196 g/mol. The highest BCUT2D eigenvalue weighted by Gasteiger charge is 2.68. The highest BCUT2D eigenvalue weighted by molar-refractivity contribution is 5.16. The molecule has 0 heterocycles. The van der Waals surface area contributed by atoms with E-state index in [1.165, 1.54) is 25.7 Å². The molecule has 3 aliphatic carbocycles. The van der Waals surface area contributed by atoms with Gasteiger partial charge in [0, 0.05) is 6.61 Å². The third-order valence-electron chi connectivity index (χ3n) is 6.94. The maximum Gasteiger partial charge on any atom is 0.0487 e. The molecule has 0 saturated heterocycles. The number of hydrogen-bond donors (Lipinski definition) is 1. The first-order valence-electron chi connectivity index (χ1n) is 6.94. The highest BCUT2D eigenvalue weighted by atomic mass is 16.3. The van der Waals surface area contributed by atoms with Gasteiger partial charge in [0.2, 0.25) is 0 Å². The molecule has 0 aliphatic heterocycles. The van der Waals surface area contributed by atoms with E-state index >= 15 is 0 Å². The van der Waals surface area contributed by atoms with Crippen LogP contribution in [0.25, 0.3) is 0 Å². The predicted octanol–water partition coefficient (Wildman–Crippen LogP) is 3.47. The van der Waals surface area contributed by atoms with Gasteiger partial charge in [0.05, 0.1) is 0 Å². The fourth-order valence-corrected chi connectivity index (χ4v) is 4.49. The quantitative estimate of drug-likeness (QED) is 0.775. The SMILES string of the molecule is CC1(C)[C@@H](C[C@@H]2C[C@@]2(C)CO)C[C@H]2C[C@]21C. The molecule has 0 spiro atoms.